The van der Waals surface area contributed by atoms with E-state index in [0.29, 0.717) is 40.7 Å². The molecule has 1 aliphatic rings. The van der Waals surface area contributed by atoms with Gasteiger partial charge in [0.2, 0.25) is 5.82 Å². The number of nitrogens with zero attached hydrogens (tertiary/aromatic N) is 4. The predicted octanol–water partition coefficient (Wildman–Crippen LogP) is 6.78. The molecule has 2 aromatic carbocycles. The highest BCUT2D eigenvalue weighted by molar-refractivity contribution is 5.93. The molecule has 8 nitrogen and oxygen atoms in total. The van der Waals surface area contributed by atoms with E-state index in [9.17, 15) is 23.1 Å². The second-order valence-electron chi connectivity index (χ2n) is 10.7. The van der Waals surface area contributed by atoms with Crippen LogP contribution in [0.4, 0.5) is 19.0 Å². The molecule has 41 heavy (non-hydrogen) atoms. The van der Waals surface area contributed by atoms with E-state index in [0.717, 1.165) is 24.1 Å². The van der Waals surface area contributed by atoms with E-state index in [-0.39, 0.29) is 29.7 Å². The van der Waals surface area contributed by atoms with Crippen LogP contribution in [0.5, 0.6) is 5.75 Å². The molecule has 0 saturated heterocycles. The summed E-state index contributed by atoms with van der Waals surface area (Å²) >= 11 is 0. The van der Waals surface area contributed by atoms with E-state index < -0.39 is 17.7 Å². The highest BCUT2D eigenvalue weighted by Crippen LogP contribution is 2.36. The molecule has 5 rings (SSSR count). The summed E-state index contributed by atoms with van der Waals surface area (Å²) < 4.78 is 46.3. The summed E-state index contributed by atoms with van der Waals surface area (Å²) in [5, 5.41) is 14.2. The fourth-order valence-electron chi connectivity index (χ4n) is 4.95. The minimum absolute atomic E-state index is 0.0148. The number of aromatic hydroxyl groups is 1. The second-order valence-corrected chi connectivity index (χ2v) is 10.7. The molecule has 0 radical (unpaired) electrons. The number of carbonyl (C=O) groups is 1. The number of methoxy groups -OCH3 is 1. The molecule has 2 heterocycles. The average molecular weight is 568 g/mol. The molecule has 2 N–H and O–H groups in total. The van der Waals surface area contributed by atoms with Gasteiger partial charge in [0.1, 0.15) is 17.1 Å². The molecule has 1 fully saturated rings. The van der Waals surface area contributed by atoms with Crippen molar-refractivity contribution in [1.82, 2.24) is 19.5 Å². The van der Waals surface area contributed by atoms with Crippen LogP contribution < -0.4 is 5.32 Å². The maximum absolute atomic E-state index is 13.2. The van der Waals surface area contributed by atoms with Gasteiger partial charge in [0.05, 0.1) is 18.2 Å². The molecule has 216 valence electrons. The number of hydrogen-bond acceptors (Lipinski definition) is 7. The zero-order chi connectivity index (χ0) is 29.3. The van der Waals surface area contributed by atoms with Gasteiger partial charge in [-0.2, -0.15) is 13.2 Å². The van der Waals surface area contributed by atoms with Gasteiger partial charge in [-0.05, 0) is 53.6 Å². The van der Waals surface area contributed by atoms with Crippen LogP contribution in [0.2, 0.25) is 0 Å². The second kappa shape index (κ2) is 11.4. The number of nitrogens with one attached hydrogen (secondary N) is 1. The van der Waals surface area contributed by atoms with Crippen LogP contribution in [-0.2, 0) is 17.5 Å². The first-order valence-electron chi connectivity index (χ1n) is 13.6. The minimum atomic E-state index is -4.45. The summed E-state index contributed by atoms with van der Waals surface area (Å²) in [4.78, 5) is 26.0. The minimum Gasteiger partial charge on any atom is -0.507 e. The molecule has 0 spiro atoms. The molecular weight excluding hydrogens is 535 g/mol. The topological polar surface area (TPSA) is 102 Å². The van der Waals surface area contributed by atoms with Gasteiger partial charge in [-0.3, -0.25) is 0 Å². The normalized spacial score (nSPS) is 13.9. The third-order valence-corrected chi connectivity index (χ3v) is 7.59. The molecule has 2 aromatic heterocycles. The van der Waals surface area contributed by atoms with E-state index in [1.807, 2.05) is 26.0 Å². The third kappa shape index (κ3) is 5.98. The molecule has 0 amide bonds. The van der Waals surface area contributed by atoms with Crippen molar-refractivity contribution in [1.29, 1.82) is 0 Å². The van der Waals surface area contributed by atoms with Gasteiger partial charge in [0, 0.05) is 13.1 Å². The molecule has 11 heteroatoms. The number of carbonyl (C=O) groups excluding carboxylic acids is 1. The number of phenolic OH excluding ortho intramolecular Hbond substituents is 1. The lowest BCUT2D eigenvalue weighted by atomic mass is 9.83. The van der Waals surface area contributed by atoms with Crippen LogP contribution >= 0.6 is 0 Å². The van der Waals surface area contributed by atoms with E-state index in [1.165, 1.54) is 38.5 Å². The number of anilines is 1. The first kappa shape index (κ1) is 28.4. The molecule has 0 unspecified atom stereocenters. The smallest absolute Gasteiger partial charge is 0.416 e. The van der Waals surface area contributed by atoms with Gasteiger partial charge in [-0.25, -0.2) is 19.7 Å². The molecule has 4 aromatic rings. The number of aromatic nitrogens is 4. The van der Waals surface area contributed by atoms with Crippen molar-refractivity contribution in [2.75, 3.05) is 19.0 Å². The van der Waals surface area contributed by atoms with Crippen molar-refractivity contribution in [3.05, 3.63) is 65.0 Å². The van der Waals surface area contributed by atoms with E-state index in [2.05, 4.69) is 15.3 Å². The number of imidazole rings is 1. The number of benzene rings is 2. The van der Waals surface area contributed by atoms with Crippen molar-refractivity contribution in [3.63, 3.8) is 0 Å². The Labute approximate surface area is 235 Å². The zero-order valence-corrected chi connectivity index (χ0v) is 23.1. The summed E-state index contributed by atoms with van der Waals surface area (Å²) in [6.45, 7) is 4.78. The quantitative estimate of drug-likeness (QED) is 0.215. The van der Waals surface area contributed by atoms with Crippen LogP contribution in [0.15, 0.2) is 42.5 Å². The van der Waals surface area contributed by atoms with Gasteiger partial charge in [-0.15, -0.1) is 0 Å². The van der Waals surface area contributed by atoms with Gasteiger partial charge < -0.3 is 19.7 Å². The number of alkyl halides is 3. The van der Waals surface area contributed by atoms with Crippen molar-refractivity contribution in [2.45, 2.75) is 58.2 Å². The van der Waals surface area contributed by atoms with Crippen molar-refractivity contribution in [3.8, 4) is 17.1 Å². The van der Waals surface area contributed by atoms with Crippen molar-refractivity contribution >= 4 is 23.0 Å². The first-order chi connectivity index (χ1) is 19.5. The van der Waals surface area contributed by atoms with Gasteiger partial charge in [0.15, 0.2) is 11.5 Å². The lowest BCUT2D eigenvalue weighted by molar-refractivity contribution is -0.137. The number of fused-ring (bicyclic) bond motifs is 1. The van der Waals surface area contributed by atoms with E-state index in [1.54, 1.807) is 10.6 Å². The Kier molecular flexibility index (Phi) is 7.88. The number of hydrogen-bond donors (Lipinski definition) is 2. The summed E-state index contributed by atoms with van der Waals surface area (Å²) in [7, 11) is 1.24. The summed E-state index contributed by atoms with van der Waals surface area (Å²) in [5.74, 6) is 0.589. The fourth-order valence-corrected chi connectivity index (χ4v) is 4.95. The third-order valence-electron chi connectivity index (χ3n) is 7.59. The predicted molar refractivity (Wildman–Crippen MR) is 149 cm³/mol. The van der Waals surface area contributed by atoms with Crippen LogP contribution in [0.25, 0.3) is 22.6 Å². The molecule has 1 aliphatic carbocycles. The standard InChI is InChI=1S/C30H32F3N5O3/c1-17(2)20-9-12-23(39)22(15-20)28-37-26-24(38(28)16-19-7-10-21(11-8-19)30(31,32)33)25(34-14-13-18-5-4-6-18)35-27(36-26)29(40)41-3/h7-12,15,17-18,39H,4-6,13-14,16H2,1-3H3,(H,34,35,36). The maximum atomic E-state index is 13.2. The van der Waals surface area contributed by atoms with E-state index in [4.69, 9.17) is 9.72 Å². The summed E-state index contributed by atoms with van der Waals surface area (Å²) in [5.41, 5.74) is 1.89. The fraction of sp³-hybridized carbons (Fsp3) is 0.400. The van der Waals surface area contributed by atoms with Gasteiger partial charge in [0.25, 0.3) is 0 Å². The maximum Gasteiger partial charge on any atom is 0.416 e. The first-order valence-corrected chi connectivity index (χ1v) is 13.6. The van der Waals surface area contributed by atoms with Crippen LogP contribution in [0.1, 0.15) is 72.8 Å². The molecule has 0 bridgehead atoms. The molecule has 0 atom stereocenters. The Morgan fingerprint density at radius 3 is 2.46 bits per heavy atom. The van der Waals surface area contributed by atoms with Crippen LogP contribution in [0, 0.1) is 5.92 Å². The monoisotopic (exact) mass is 567 g/mol. The lowest BCUT2D eigenvalue weighted by Gasteiger charge is -2.25. The molecular formula is C30H32F3N5O3. The van der Waals surface area contributed by atoms with Crippen molar-refractivity contribution < 1.29 is 27.8 Å². The Balaban J connectivity index is 1.68. The number of ether oxygens (including phenoxy) is 1. The SMILES string of the molecule is COC(=O)c1nc(NCCC2CCC2)c2c(n1)nc(-c1cc(C(C)C)ccc1O)n2Cc1ccc(C(F)(F)F)cc1. The lowest BCUT2D eigenvalue weighted by Crippen LogP contribution is -2.17. The largest absolute Gasteiger partial charge is 0.507 e. The number of phenols is 1. The van der Waals surface area contributed by atoms with Gasteiger partial charge >= 0.3 is 12.1 Å². The Morgan fingerprint density at radius 1 is 1.12 bits per heavy atom. The number of rotatable bonds is 9. The van der Waals surface area contributed by atoms with E-state index >= 15 is 0 Å². The molecule has 0 aliphatic heterocycles. The number of esters is 1. The Bertz CT molecular complexity index is 1560. The Hall–Kier alpha value is -4.15. The summed E-state index contributed by atoms with van der Waals surface area (Å²) in [6, 6.07) is 10.2. The average Bonchev–Trinajstić information content (AvgIpc) is 3.27. The van der Waals surface area contributed by atoms with Crippen molar-refractivity contribution in [2.24, 2.45) is 5.92 Å². The van der Waals surface area contributed by atoms with Gasteiger partial charge in [-0.1, -0.05) is 51.3 Å². The Morgan fingerprint density at radius 2 is 1.85 bits per heavy atom. The zero-order valence-electron chi connectivity index (χ0n) is 23.1. The molecule has 1 saturated carbocycles. The number of halogens is 3. The van der Waals surface area contributed by atoms with Crippen LogP contribution in [-0.4, -0.2) is 44.2 Å². The van der Waals surface area contributed by atoms with Crippen LogP contribution in [0.3, 0.4) is 0 Å². The highest BCUT2D eigenvalue weighted by Gasteiger charge is 2.30. The highest BCUT2D eigenvalue weighted by atomic mass is 19.4. The summed E-state index contributed by atoms with van der Waals surface area (Å²) in [6.07, 6.45) is 0.0445.